The van der Waals surface area contributed by atoms with E-state index in [2.05, 4.69) is 17.7 Å². The van der Waals surface area contributed by atoms with E-state index >= 15 is 0 Å². The Morgan fingerprint density at radius 1 is 1.33 bits per heavy atom. The van der Waals surface area contributed by atoms with Gasteiger partial charge in [-0.3, -0.25) is 0 Å². The number of benzene rings is 1. The van der Waals surface area contributed by atoms with Crippen molar-refractivity contribution in [3.05, 3.63) is 29.3 Å². The lowest BCUT2D eigenvalue weighted by Gasteiger charge is -2.25. The number of fused-ring (bicyclic) bond motifs is 1. The molecule has 0 aliphatic carbocycles. The zero-order valence-corrected chi connectivity index (χ0v) is 11.9. The van der Waals surface area contributed by atoms with Crippen LogP contribution in [0.25, 0.3) is 0 Å². The lowest BCUT2D eigenvalue weighted by atomic mass is 10.0. The minimum Gasteiger partial charge on any atom is -0.208 e. The van der Waals surface area contributed by atoms with Crippen molar-refractivity contribution < 1.29 is 8.42 Å². The molecule has 0 spiro atoms. The van der Waals surface area contributed by atoms with Gasteiger partial charge in [-0.2, -0.15) is 0 Å². The van der Waals surface area contributed by atoms with Crippen LogP contribution in [-0.4, -0.2) is 14.5 Å². The van der Waals surface area contributed by atoms with Gasteiger partial charge in [0.05, 0.1) is 4.90 Å². The van der Waals surface area contributed by atoms with E-state index in [-0.39, 0.29) is 6.04 Å². The van der Waals surface area contributed by atoms with Gasteiger partial charge in [0.1, 0.15) is 0 Å². The summed E-state index contributed by atoms with van der Waals surface area (Å²) < 4.78 is 27.1. The Morgan fingerprint density at radius 3 is 2.78 bits per heavy atom. The van der Waals surface area contributed by atoms with E-state index in [0.717, 1.165) is 43.2 Å². The smallest absolute Gasteiger partial charge is 0.208 e. The number of sulfonamides is 1. The van der Waals surface area contributed by atoms with Crippen LogP contribution in [0.15, 0.2) is 23.1 Å². The van der Waals surface area contributed by atoms with Crippen LogP contribution in [0.5, 0.6) is 0 Å². The Kier molecular flexibility index (Phi) is 4.07. The predicted molar refractivity (Wildman–Crippen MR) is 73.2 cm³/mol. The van der Waals surface area contributed by atoms with E-state index < -0.39 is 10.0 Å². The Bertz CT molecular complexity index is 523. The highest BCUT2D eigenvalue weighted by Gasteiger charge is 2.28. The quantitative estimate of drug-likeness (QED) is 0.911. The van der Waals surface area contributed by atoms with Crippen molar-refractivity contribution in [1.82, 2.24) is 4.72 Å². The summed E-state index contributed by atoms with van der Waals surface area (Å²) in [6.45, 7) is 4.15. The highest BCUT2D eigenvalue weighted by atomic mass is 32.2. The van der Waals surface area contributed by atoms with Crippen LogP contribution in [0, 0.1) is 0 Å². The first kappa shape index (κ1) is 13.6. The molecule has 1 N–H and O–H groups in total. The van der Waals surface area contributed by atoms with Gasteiger partial charge in [0.25, 0.3) is 0 Å². The fourth-order valence-electron chi connectivity index (χ4n) is 2.37. The fraction of sp³-hybridized carbons (Fsp3) is 0.571. The average molecular weight is 267 g/mol. The normalized spacial score (nSPS) is 21.6. The molecule has 0 aromatic heterocycles. The van der Waals surface area contributed by atoms with Crippen molar-refractivity contribution in [2.45, 2.75) is 56.9 Å². The number of aryl methyl sites for hydroxylation is 1. The van der Waals surface area contributed by atoms with Crippen LogP contribution in [0.2, 0.25) is 0 Å². The summed E-state index contributed by atoms with van der Waals surface area (Å²) in [7, 11) is -3.30. The number of unbranched alkanes of at least 4 members (excludes halogenated alkanes) is 1. The van der Waals surface area contributed by atoms with Gasteiger partial charge in [0.15, 0.2) is 0 Å². The molecular weight excluding hydrogens is 246 g/mol. The second-order valence-corrected chi connectivity index (χ2v) is 6.66. The molecule has 0 amide bonds. The van der Waals surface area contributed by atoms with Gasteiger partial charge in [-0.15, -0.1) is 0 Å². The van der Waals surface area contributed by atoms with Gasteiger partial charge in [0.2, 0.25) is 10.0 Å². The maximum atomic E-state index is 12.2. The molecule has 1 atom stereocenters. The molecule has 3 nitrogen and oxygen atoms in total. The number of hydrogen-bond donors (Lipinski definition) is 1. The average Bonchev–Trinajstić information content (AvgIpc) is 2.35. The molecule has 0 bridgehead atoms. The molecule has 0 fully saturated rings. The number of hydrogen-bond acceptors (Lipinski definition) is 2. The van der Waals surface area contributed by atoms with Gasteiger partial charge in [-0.05, 0) is 42.9 Å². The van der Waals surface area contributed by atoms with Gasteiger partial charge in [-0.1, -0.05) is 32.4 Å². The topological polar surface area (TPSA) is 46.2 Å². The van der Waals surface area contributed by atoms with Crippen LogP contribution >= 0.6 is 0 Å². The first-order chi connectivity index (χ1) is 8.56. The predicted octanol–water partition coefficient (Wildman–Crippen LogP) is 2.64. The summed E-state index contributed by atoms with van der Waals surface area (Å²) in [5.41, 5.74) is 2.08. The minimum absolute atomic E-state index is 0.0454. The largest absolute Gasteiger partial charge is 0.241 e. The van der Waals surface area contributed by atoms with Crippen molar-refractivity contribution in [2.24, 2.45) is 0 Å². The fourth-order valence-corrected chi connectivity index (χ4v) is 3.99. The van der Waals surface area contributed by atoms with Crippen LogP contribution in [0.4, 0.5) is 0 Å². The standard InChI is InChI=1S/C14H21NO2S/c1-3-5-6-11-7-8-12-10-13(4-2)15-18(16,17)14(12)9-11/h7-9,13,15H,3-6,10H2,1-2H3. The van der Waals surface area contributed by atoms with Crippen molar-refractivity contribution in [3.8, 4) is 0 Å². The molecule has 18 heavy (non-hydrogen) atoms. The molecule has 1 aromatic carbocycles. The van der Waals surface area contributed by atoms with E-state index in [0.29, 0.717) is 4.90 Å². The first-order valence-corrected chi connectivity index (χ1v) is 8.19. The molecule has 1 aliphatic rings. The first-order valence-electron chi connectivity index (χ1n) is 6.71. The zero-order chi connectivity index (χ0) is 13.2. The molecule has 1 unspecified atom stereocenters. The molecule has 4 heteroatoms. The van der Waals surface area contributed by atoms with Gasteiger partial charge in [-0.25, -0.2) is 13.1 Å². The summed E-state index contributed by atoms with van der Waals surface area (Å²) in [5.74, 6) is 0. The number of rotatable bonds is 4. The van der Waals surface area contributed by atoms with Crippen molar-refractivity contribution >= 4 is 10.0 Å². The lowest BCUT2D eigenvalue weighted by molar-refractivity contribution is 0.518. The SMILES string of the molecule is CCCCc1ccc2c(c1)S(=O)(=O)NC(CC)C2. The molecule has 2 rings (SSSR count). The third kappa shape index (κ3) is 2.75. The summed E-state index contributed by atoms with van der Waals surface area (Å²) >= 11 is 0. The molecule has 1 heterocycles. The van der Waals surface area contributed by atoms with Crippen LogP contribution in [0.1, 0.15) is 44.2 Å². The Morgan fingerprint density at radius 2 is 2.11 bits per heavy atom. The summed E-state index contributed by atoms with van der Waals surface area (Å²) in [4.78, 5) is 0.487. The third-order valence-corrected chi connectivity index (χ3v) is 5.12. The zero-order valence-electron chi connectivity index (χ0n) is 11.1. The highest BCUT2D eigenvalue weighted by molar-refractivity contribution is 7.89. The maximum Gasteiger partial charge on any atom is 0.241 e. The van der Waals surface area contributed by atoms with E-state index in [9.17, 15) is 8.42 Å². The Labute approximate surface area is 110 Å². The van der Waals surface area contributed by atoms with Crippen LogP contribution in [0.3, 0.4) is 0 Å². The second-order valence-electron chi connectivity index (χ2n) is 4.98. The Hall–Kier alpha value is -0.870. The molecule has 0 radical (unpaired) electrons. The summed E-state index contributed by atoms with van der Waals surface area (Å²) in [6.07, 6.45) is 4.82. The number of nitrogens with one attached hydrogen (secondary N) is 1. The molecule has 100 valence electrons. The minimum atomic E-state index is -3.30. The Balaban J connectivity index is 2.34. The van der Waals surface area contributed by atoms with Crippen LogP contribution in [-0.2, 0) is 22.9 Å². The monoisotopic (exact) mass is 267 g/mol. The molecule has 0 saturated heterocycles. The van der Waals surface area contributed by atoms with Crippen molar-refractivity contribution in [2.75, 3.05) is 0 Å². The maximum absolute atomic E-state index is 12.2. The van der Waals surface area contributed by atoms with E-state index in [1.807, 2.05) is 19.1 Å². The summed E-state index contributed by atoms with van der Waals surface area (Å²) in [6, 6.07) is 5.95. The second kappa shape index (κ2) is 5.41. The van der Waals surface area contributed by atoms with E-state index in [1.54, 1.807) is 0 Å². The van der Waals surface area contributed by atoms with Crippen molar-refractivity contribution in [3.63, 3.8) is 0 Å². The molecular formula is C14H21NO2S. The summed E-state index contributed by atoms with van der Waals surface area (Å²) in [5, 5.41) is 0. The molecule has 1 aliphatic heterocycles. The van der Waals surface area contributed by atoms with Gasteiger partial charge >= 0.3 is 0 Å². The molecule has 0 saturated carbocycles. The lowest BCUT2D eigenvalue weighted by Crippen LogP contribution is -2.40. The van der Waals surface area contributed by atoms with Crippen LogP contribution < -0.4 is 4.72 Å². The highest BCUT2D eigenvalue weighted by Crippen LogP contribution is 2.25. The third-order valence-electron chi connectivity index (χ3n) is 3.52. The van der Waals surface area contributed by atoms with Gasteiger partial charge < -0.3 is 0 Å². The van der Waals surface area contributed by atoms with E-state index in [4.69, 9.17) is 0 Å². The van der Waals surface area contributed by atoms with Gasteiger partial charge in [0, 0.05) is 6.04 Å². The molecule has 1 aromatic rings. The van der Waals surface area contributed by atoms with E-state index in [1.165, 1.54) is 0 Å². The van der Waals surface area contributed by atoms with Crippen molar-refractivity contribution in [1.29, 1.82) is 0 Å².